The second kappa shape index (κ2) is 7.29. The Bertz CT molecular complexity index is 476. The molecule has 0 spiro atoms. The summed E-state index contributed by atoms with van der Waals surface area (Å²) in [5, 5.41) is 5.91. The molecule has 21 heavy (non-hydrogen) atoms. The van der Waals surface area contributed by atoms with Gasteiger partial charge in [0.15, 0.2) is 0 Å². The Labute approximate surface area is 126 Å². The van der Waals surface area contributed by atoms with Crippen LogP contribution in [0.1, 0.15) is 46.5 Å². The molecule has 1 aliphatic carbocycles. The lowest BCUT2D eigenvalue weighted by molar-refractivity contribution is 0.228. The largest absolute Gasteiger partial charge is 0.473 e. The van der Waals surface area contributed by atoms with E-state index in [0.29, 0.717) is 17.5 Å². The van der Waals surface area contributed by atoms with Crippen LogP contribution in [0, 0.1) is 5.92 Å². The fourth-order valence-electron chi connectivity index (χ4n) is 2.66. The third-order valence-electron chi connectivity index (χ3n) is 3.79. The van der Waals surface area contributed by atoms with E-state index < -0.39 is 0 Å². The second-order valence-electron chi connectivity index (χ2n) is 5.99. The van der Waals surface area contributed by atoms with E-state index in [1.54, 1.807) is 18.3 Å². The molecule has 0 saturated heterocycles. The number of pyridine rings is 1. The van der Waals surface area contributed by atoms with Crippen molar-refractivity contribution in [1.29, 1.82) is 0 Å². The van der Waals surface area contributed by atoms with E-state index >= 15 is 0 Å². The van der Waals surface area contributed by atoms with Gasteiger partial charge in [-0.15, -0.1) is 0 Å². The van der Waals surface area contributed by atoms with Crippen LogP contribution < -0.4 is 15.4 Å². The predicted octanol–water partition coefficient (Wildman–Crippen LogP) is 3.57. The van der Waals surface area contributed by atoms with Crippen molar-refractivity contribution in [1.82, 2.24) is 10.3 Å². The summed E-state index contributed by atoms with van der Waals surface area (Å²) < 4.78 is 5.60. The highest BCUT2D eigenvalue weighted by Crippen LogP contribution is 2.25. The number of nitrogens with zero attached hydrogens (tertiary/aromatic N) is 1. The maximum absolute atomic E-state index is 12.2. The van der Waals surface area contributed by atoms with Gasteiger partial charge in [-0.2, -0.15) is 0 Å². The number of rotatable bonds is 4. The van der Waals surface area contributed by atoms with Crippen molar-refractivity contribution in [2.75, 3.05) is 5.32 Å². The number of carbonyl (C=O) groups is 1. The molecule has 1 saturated carbocycles. The smallest absolute Gasteiger partial charge is 0.319 e. The molecule has 1 aromatic heterocycles. The first kappa shape index (κ1) is 15.6. The summed E-state index contributed by atoms with van der Waals surface area (Å²) in [6.07, 6.45) is 6.35. The van der Waals surface area contributed by atoms with Crippen LogP contribution in [0.4, 0.5) is 10.5 Å². The lowest BCUT2D eigenvalue weighted by Gasteiger charge is -2.29. The van der Waals surface area contributed by atoms with E-state index in [0.717, 1.165) is 6.42 Å². The number of hydrogen-bond acceptors (Lipinski definition) is 3. The zero-order valence-corrected chi connectivity index (χ0v) is 13.1. The summed E-state index contributed by atoms with van der Waals surface area (Å²) in [5.41, 5.74) is 0.604. The third-order valence-corrected chi connectivity index (χ3v) is 3.79. The standard InChI is InChI=1S/C16H25N3O2/c1-11(2)21-15-14(9-6-10-17-15)19-16(20)18-13-8-5-4-7-12(13)3/h6,9-13H,4-5,7-8H2,1-3H3,(H2,18,19,20). The molecule has 2 atom stereocenters. The summed E-state index contributed by atoms with van der Waals surface area (Å²) in [5.74, 6) is 0.990. The van der Waals surface area contributed by atoms with Crippen molar-refractivity contribution in [3.63, 3.8) is 0 Å². The molecule has 2 unspecified atom stereocenters. The number of hydrogen-bond donors (Lipinski definition) is 2. The molecule has 5 nitrogen and oxygen atoms in total. The first-order valence-corrected chi connectivity index (χ1v) is 7.75. The molecule has 2 amide bonds. The predicted molar refractivity (Wildman–Crippen MR) is 83.6 cm³/mol. The first-order valence-electron chi connectivity index (χ1n) is 7.75. The molecule has 1 heterocycles. The van der Waals surface area contributed by atoms with Crippen molar-refractivity contribution in [2.45, 2.75) is 58.6 Å². The minimum Gasteiger partial charge on any atom is -0.473 e. The number of nitrogens with one attached hydrogen (secondary N) is 2. The van der Waals surface area contributed by atoms with Crippen LogP contribution in [0.25, 0.3) is 0 Å². The third kappa shape index (κ3) is 4.62. The zero-order valence-electron chi connectivity index (χ0n) is 13.1. The van der Waals surface area contributed by atoms with Crippen molar-refractivity contribution in [3.8, 4) is 5.88 Å². The van der Waals surface area contributed by atoms with E-state index in [1.807, 2.05) is 13.8 Å². The van der Waals surface area contributed by atoms with Gasteiger partial charge in [0, 0.05) is 12.2 Å². The molecule has 5 heteroatoms. The Morgan fingerprint density at radius 2 is 2.14 bits per heavy atom. The molecule has 1 aliphatic rings. The Kier molecular flexibility index (Phi) is 5.42. The maximum atomic E-state index is 12.2. The average Bonchev–Trinajstić information content (AvgIpc) is 2.43. The Hall–Kier alpha value is -1.78. The average molecular weight is 291 g/mol. The Balaban J connectivity index is 1.96. The van der Waals surface area contributed by atoms with Gasteiger partial charge in [0.2, 0.25) is 5.88 Å². The molecule has 0 aromatic carbocycles. The minimum atomic E-state index is -0.185. The van der Waals surface area contributed by atoms with E-state index in [4.69, 9.17) is 4.74 Å². The van der Waals surface area contributed by atoms with E-state index in [2.05, 4.69) is 22.5 Å². The maximum Gasteiger partial charge on any atom is 0.319 e. The van der Waals surface area contributed by atoms with E-state index in [9.17, 15) is 4.79 Å². The molecule has 0 radical (unpaired) electrons. The van der Waals surface area contributed by atoms with Crippen LogP contribution in [-0.2, 0) is 0 Å². The number of anilines is 1. The summed E-state index contributed by atoms with van der Waals surface area (Å²) in [7, 11) is 0. The molecule has 1 fully saturated rings. The molecule has 1 aromatic rings. The molecular formula is C16H25N3O2. The van der Waals surface area contributed by atoms with Gasteiger partial charge >= 0.3 is 6.03 Å². The van der Waals surface area contributed by atoms with E-state index in [-0.39, 0.29) is 18.2 Å². The lowest BCUT2D eigenvalue weighted by Crippen LogP contribution is -2.43. The van der Waals surface area contributed by atoms with Crippen molar-refractivity contribution >= 4 is 11.7 Å². The monoisotopic (exact) mass is 291 g/mol. The topological polar surface area (TPSA) is 63.2 Å². The lowest BCUT2D eigenvalue weighted by atomic mass is 9.86. The number of urea groups is 1. The van der Waals surface area contributed by atoms with Gasteiger partial charge in [-0.3, -0.25) is 0 Å². The van der Waals surface area contributed by atoms with Crippen LogP contribution in [0.15, 0.2) is 18.3 Å². The first-order chi connectivity index (χ1) is 10.1. The minimum absolute atomic E-state index is 0.0156. The van der Waals surface area contributed by atoms with Gasteiger partial charge in [0.05, 0.1) is 6.10 Å². The Morgan fingerprint density at radius 1 is 1.38 bits per heavy atom. The number of amides is 2. The summed E-state index contributed by atoms with van der Waals surface area (Å²) in [6.45, 7) is 6.06. The van der Waals surface area contributed by atoms with Crippen LogP contribution in [0.3, 0.4) is 0 Å². The molecule has 2 rings (SSSR count). The highest BCUT2D eigenvalue weighted by molar-refractivity contribution is 5.90. The Morgan fingerprint density at radius 3 is 2.86 bits per heavy atom. The molecule has 116 valence electrons. The quantitative estimate of drug-likeness (QED) is 0.891. The number of carbonyl (C=O) groups excluding carboxylic acids is 1. The SMILES string of the molecule is CC(C)Oc1ncccc1NC(=O)NC1CCCCC1C. The summed E-state index contributed by atoms with van der Waals surface area (Å²) in [4.78, 5) is 16.3. The van der Waals surface area contributed by atoms with Gasteiger partial charge < -0.3 is 15.4 Å². The van der Waals surface area contributed by atoms with Gasteiger partial charge in [-0.25, -0.2) is 9.78 Å². The molecule has 2 N–H and O–H groups in total. The molecular weight excluding hydrogens is 266 g/mol. The highest BCUT2D eigenvalue weighted by atomic mass is 16.5. The number of aromatic nitrogens is 1. The normalized spacial score (nSPS) is 21.9. The zero-order chi connectivity index (χ0) is 15.2. The van der Waals surface area contributed by atoms with Crippen molar-refractivity contribution < 1.29 is 9.53 Å². The molecule has 0 aliphatic heterocycles. The highest BCUT2D eigenvalue weighted by Gasteiger charge is 2.23. The summed E-state index contributed by atoms with van der Waals surface area (Å²) in [6, 6.07) is 3.65. The fraction of sp³-hybridized carbons (Fsp3) is 0.625. The fourth-order valence-corrected chi connectivity index (χ4v) is 2.66. The second-order valence-corrected chi connectivity index (χ2v) is 5.99. The van der Waals surface area contributed by atoms with Crippen molar-refractivity contribution in [3.05, 3.63) is 18.3 Å². The van der Waals surface area contributed by atoms with Crippen molar-refractivity contribution in [2.24, 2.45) is 5.92 Å². The van der Waals surface area contributed by atoms with Crippen LogP contribution in [-0.4, -0.2) is 23.2 Å². The van der Waals surface area contributed by atoms with Gasteiger partial charge in [0.1, 0.15) is 5.69 Å². The van der Waals surface area contributed by atoms with Crippen LogP contribution in [0.2, 0.25) is 0 Å². The van der Waals surface area contributed by atoms with Crippen LogP contribution >= 0.6 is 0 Å². The van der Waals surface area contributed by atoms with Gasteiger partial charge in [0.25, 0.3) is 0 Å². The number of ether oxygens (including phenoxy) is 1. The van der Waals surface area contributed by atoms with Gasteiger partial charge in [-0.1, -0.05) is 19.8 Å². The van der Waals surface area contributed by atoms with Crippen LogP contribution in [0.5, 0.6) is 5.88 Å². The van der Waals surface area contributed by atoms with E-state index in [1.165, 1.54) is 19.3 Å². The molecule has 0 bridgehead atoms. The van der Waals surface area contributed by atoms with Gasteiger partial charge in [-0.05, 0) is 44.7 Å². The summed E-state index contributed by atoms with van der Waals surface area (Å²) >= 11 is 0.